The van der Waals surface area contributed by atoms with Gasteiger partial charge in [-0.25, -0.2) is 0 Å². The van der Waals surface area contributed by atoms with E-state index in [9.17, 15) is 4.79 Å². The molecule has 1 amide bonds. The summed E-state index contributed by atoms with van der Waals surface area (Å²) in [6, 6.07) is 6.17. The third-order valence-electron chi connectivity index (χ3n) is 4.28. The summed E-state index contributed by atoms with van der Waals surface area (Å²) in [6.45, 7) is 6.48. The number of hydrogen-bond donors (Lipinski definition) is 1. The molecule has 0 aliphatic heterocycles. The van der Waals surface area contributed by atoms with Gasteiger partial charge in [-0.2, -0.15) is 0 Å². The average molecular weight is 371 g/mol. The van der Waals surface area contributed by atoms with Crippen LogP contribution < -0.4 is 5.32 Å². The molecule has 2 rings (SSSR count). The molecule has 1 N–H and O–H groups in total. The number of anilines is 1. The van der Waals surface area contributed by atoms with E-state index in [1.54, 1.807) is 0 Å². The normalized spacial score (nSPS) is 22.0. The first-order valence-corrected chi connectivity index (χ1v) is 8.05. The van der Waals surface area contributed by atoms with Crippen molar-refractivity contribution in [1.29, 1.82) is 0 Å². The Morgan fingerprint density at radius 1 is 1.37 bits per heavy atom. The molecule has 0 bridgehead atoms. The molecule has 1 atom stereocenters. The van der Waals surface area contributed by atoms with Crippen LogP contribution in [0.25, 0.3) is 0 Å². The van der Waals surface area contributed by atoms with Gasteiger partial charge < -0.3 is 5.32 Å². The summed E-state index contributed by atoms with van der Waals surface area (Å²) >= 11 is 2.28. The molecule has 104 valence electrons. The number of amides is 1. The Morgan fingerprint density at radius 3 is 2.79 bits per heavy atom. The Hall–Kier alpha value is -0.580. The Bertz CT molecular complexity index is 482. The molecular weight excluding hydrogens is 349 g/mol. The van der Waals surface area contributed by atoms with E-state index in [0.29, 0.717) is 0 Å². The standard InChI is InChI=1S/C16H22INO/c1-11-7-8-12(17)10-14(11)18-15(19)13-6-4-5-9-16(13,2)3/h7-8,10,13H,4-6,9H2,1-3H3,(H,18,19). The lowest BCUT2D eigenvalue weighted by molar-refractivity contribution is -0.124. The Morgan fingerprint density at radius 2 is 2.11 bits per heavy atom. The maximum absolute atomic E-state index is 12.5. The first-order chi connectivity index (χ1) is 8.90. The first kappa shape index (κ1) is 14.8. The lowest BCUT2D eigenvalue weighted by atomic mass is 9.68. The predicted octanol–water partition coefficient (Wildman–Crippen LogP) is 4.75. The van der Waals surface area contributed by atoms with Crippen LogP contribution in [0.3, 0.4) is 0 Å². The van der Waals surface area contributed by atoms with Crippen molar-refractivity contribution in [3.8, 4) is 0 Å². The fraction of sp³-hybridized carbons (Fsp3) is 0.562. The van der Waals surface area contributed by atoms with Crippen molar-refractivity contribution in [2.24, 2.45) is 11.3 Å². The minimum atomic E-state index is 0.123. The van der Waals surface area contributed by atoms with Gasteiger partial charge in [0.1, 0.15) is 0 Å². The number of hydrogen-bond acceptors (Lipinski definition) is 1. The zero-order valence-electron chi connectivity index (χ0n) is 11.9. The van der Waals surface area contributed by atoms with Crippen LogP contribution in [0.2, 0.25) is 0 Å². The van der Waals surface area contributed by atoms with E-state index in [-0.39, 0.29) is 17.2 Å². The van der Waals surface area contributed by atoms with Gasteiger partial charge in [0, 0.05) is 15.2 Å². The lowest BCUT2D eigenvalue weighted by Gasteiger charge is -2.37. The van der Waals surface area contributed by atoms with Crippen LogP contribution in [0.4, 0.5) is 5.69 Å². The molecule has 1 aromatic carbocycles. The number of rotatable bonds is 2. The number of carbonyl (C=O) groups excluding carboxylic acids is 1. The van der Waals surface area contributed by atoms with Crippen LogP contribution in [0.15, 0.2) is 18.2 Å². The number of benzene rings is 1. The molecule has 1 aliphatic carbocycles. The molecule has 3 heteroatoms. The molecule has 0 heterocycles. The van der Waals surface area contributed by atoms with Crippen molar-refractivity contribution >= 4 is 34.2 Å². The summed E-state index contributed by atoms with van der Waals surface area (Å²) in [5.74, 6) is 0.327. The van der Waals surface area contributed by atoms with Crippen LogP contribution in [0, 0.1) is 21.8 Å². The number of halogens is 1. The third kappa shape index (κ3) is 3.50. The maximum Gasteiger partial charge on any atom is 0.228 e. The molecule has 0 aromatic heterocycles. The average Bonchev–Trinajstić information content (AvgIpc) is 2.33. The highest BCUT2D eigenvalue weighted by atomic mass is 127. The van der Waals surface area contributed by atoms with E-state index >= 15 is 0 Å². The molecule has 0 saturated heterocycles. The second-order valence-corrected chi connectivity index (χ2v) is 7.48. The quantitative estimate of drug-likeness (QED) is 0.747. The molecule has 0 spiro atoms. The van der Waals surface area contributed by atoms with Crippen molar-refractivity contribution in [2.45, 2.75) is 46.5 Å². The molecule has 2 nitrogen and oxygen atoms in total. The van der Waals surface area contributed by atoms with E-state index in [1.165, 1.54) is 12.8 Å². The van der Waals surface area contributed by atoms with Crippen molar-refractivity contribution in [1.82, 2.24) is 0 Å². The summed E-state index contributed by atoms with van der Waals surface area (Å²) in [6.07, 6.45) is 4.59. The molecule has 1 saturated carbocycles. The van der Waals surface area contributed by atoms with E-state index in [4.69, 9.17) is 0 Å². The van der Waals surface area contributed by atoms with Gasteiger partial charge in [0.05, 0.1) is 0 Å². The second-order valence-electron chi connectivity index (χ2n) is 6.24. The minimum Gasteiger partial charge on any atom is -0.326 e. The van der Waals surface area contributed by atoms with Crippen LogP contribution >= 0.6 is 22.6 Å². The van der Waals surface area contributed by atoms with E-state index < -0.39 is 0 Å². The topological polar surface area (TPSA) is 29.1 Å². The zero-order valence-corrected chi connectivity index (χ0v) is 14.1. The van der Waals surface area contributed by atoms with Crippen LogP contribution in [-0.4, -0.2) is 5.91 Å². The van der Waals surface area contributed by atoms with Gasteiger partial charge in [-0.1, -0.05) is 32.8 Å². The highest BCUT2D eigenvalue weighted by molar-refractivity contribution is 14.1. The molecule has 1 unspecified atom stereocenters. The fourth-order valence-electron chi connectivity index (χ4n) is 2.93. The molecule has 1 aromatic rings. The van der Waals surface area contributed by atoms with Crippen molar-refractivity contribution in [2.75, 3.05) is 5.32 Å². The zero-order chi connectivity index (χ0) is 14.0. The van der Waals surface area contributed by atoms with Gasteiger partial charge in [-0.15, -0.1) is 0 Å². The lowest BCUT2D eigenvalue weighted by Crippen LogP contribution is -2.37. The van der Waals surface area contributed by atoms with Crippen LogP contribution in [-0.2, 0) is 4.79 Å². The van der Waals surface area contributed by atoms with Crippen molar-refractivity contribution in [3.05, 3.63) is 27.3 Å². The van der Waals surface area contributed by atoms with E-state index in [2.05, 4.69) is 53.9 Å². The summed E-state index contributed by atoms with van der Waals surface area (Å²) in [5.41, 5.74) is 2.21. The van der Waals surface area contributed by atoms with Crippen molar-refractivity contribution < 1.29 is 4.79 Å². The molecule has 1 fully saturated rings. The molecule has 0 radical (unpaired) electrons. The summed E-state index contributed by atoms with van der Waals surface area (Å²) < 4.78 is 1.15. The van der Waals surface area contributed by atoms with Gasteiger partial charge in [-0.3, -0.25) is 4.79 Å². The van der Waals surface area contributed by atoms with Crippen molar-refractivity contribution in [3.63, 3.8) is 0 Å². The maximum atomic E-state index is 12.5. The van der Waals surface area contributed by atoms with Gasteiger partial charge >= 0.3 is 0 Å². The molecule has 19 heavy (non-hydrogen) atoms. The van der Waals surface area contributed by atoms with Gasteiger partial charge in [0.25, 0.3) is 0 Å². The summed E-state index contributed by atoms with van der Waals surface area (Å²) in [4.78, 5) is 12.5. The number of aryl methyl sites for hydroxylation is 1. The fourth-order valence-corrected chi connectivity index (χ4v) is 3.42. The first-order valence-electron chi connectivity index (χ1n) is 6.97. The smallest absolute Gasteiger partial charge is 0.228 e. The van der Waals surface area contributed by atoms with E-state index in [1.807, 2.05) is 13.0 Å². The van der Waals surface area contributed by atoms with Crippen LogP contribution in [0.1, 0.15) is 45.1 Å². The van der Waals surface area contributed by atoms with Gasteiger partial charge in [-0.05, 0) is 65.5 Å². The van der Waals surface area contributed by atoms with Gasteiger partial charge in [0.15, 0.2) is 0 Å². The Labute approximate surface area is 129 Å². The summed E-state index contributed by atoms with van der Waals surface area (Å²) in [7, 11) is 0. The third-order valence-corrected chi connectivity index (χ3v) is 4.95. The largest absolute Gasteiger partial charge is 0.326 e. The van der Waals surface area contributed by atoms with Gasteiger partial charge in [0.2, 0.25) is 5.91 Å². The minimum absolute atomic E-state index is 0.123. The highest BCUT2D eigenvalue weighted by Crippen LogP contribution is 2.41. The Balaban J connectivity index is 2.14. The molecule has 1 aliphatic rings. The monoisotopic (exact) mass is 371 g/mol. The number of carbonyl (C=O) groups is 1. The second kappa shape index (κ2) is 5.81. The number of nitrogens with one attached hydrogen (secondary N) is 1. The SMILES string of the molecule is Cc1ccc(I)cc1NC(=O)C1CCCCC1(C)C. The van der Waals surface area contributed by atoms with E-state index in [0.717, 1.165) is 27.7 Å². The Kier molecular flexibility index (Phi) is 4.54. The summed E-state index contributed by atoms with van der Waals surface area (Å²) in [5, 5.41) is 3.13. The molecular formula is C16H22INO. The van der Waals surface area contributed by atoms with Crippen LogP contribution in [0.5, 0.6) is 0 Å². The predicted molar refractivity (Wildman–Crippen MR) is 88.3 cm³/mol. The highest BCUT2D eigenvalue weighted by Gasteiger charge is 2.37.